The van der Waals surface area contributed by atoms with Crippen molar-refractivity contribution < 1.29 is 10.0 Å². The summed E-state index contributed by atoms with van der Waals surface area (Å²) < 4.78 is 1.20. The Balaban J connectivity index is 2.91. The van der Waals surface area contributed by atoms with E-state index in [0.29, 0.717) is 0 Å². The molecule has 0 aliphatic rings. The van der Waals surface area contributed by atoms with Gasteiger partial charge in [0.15, 0.2) is 0 Å². The van der Waals surface area contributed by atoms with E-state index in [-0.39, 0.29) is 18.3 Å². The second kappa shape index (κ2) is 3.04. The molecule has 0 spiro atoms. The van der Waals surface area contributed by atoms with Crippen molar-refractivity contribution in [2.45, 2.75) is 6.54 Å². The number of imidazole rings is 1. The molecule has 1 heterocycles. The van der Waals surface area contributed by atoms with Crippen molar-refractivity contribution in [1.82, 2.24) is 9.55 Å². The van der Waals surface area contributed by atoms with Crippen molar-refractivity contribution in [3.05, 3.63) is 34.8 Å². The first kappa shape index (κ1) is 8.25. The molecule has 6 heteroatoms. The number of nitrogens with zero attached hydrogens (tertiary/aromatic N) is 3. The first-order valence-corrected chi connectivity index (χ1v) is 3.13. The molecule has 0 amide bonds. The first-order chi connectivity index (χ1) is 5.61. The number of rotatable bonds is 3. The SMILES string of the molecule is C=C(O)Cn1ccnc1[N+](=O)[O-]. The summed E-state index contributed by atoms with van der Waals surface area (Å²) in [5, 5.41) is 19.0. The molecular formula is C6H7N3O3. The normalized spacial score (nSPS) is 9.67. The molecule has 0 saturated carbocycles. The minimum Gasteiger partial charge on any atom is -0.510 e. The van der Waals surface area contributed by atoms with Crippen LogP contribution in [-0.4, -0.2) is 19.6 Å². The molecule has 1 N–H and O–H groups in total. The first-order valence-electron chi connectivity index (χ1n) is 3.13. The number of aliphatic hydroxyl groups excluding tert-OH is 1. The lowest BCUT2D eigenvalue weighted by molar-refractivity contribution is -0.396. The molecule has 0 aliphatic carbocycles. The van der Waals surface area contributed by atoms with Crippen molar-refractivity contribution in [3.8, 4) is 0 Å². The fraction of sp³-hybridized carbons (Fsp3) is 0.167. The van der Waals surface area contributed by atoms with E-state index in [2.05, 4.69) is 11.6 Å². The molecule has 64 valence electrons. The lowest BCUT2D eigenvalue weighted by atomic mass is 10.5. The maximum Gasteiger partial charge on any atom is 0.434 e. The number of aromatic nitrogens is 2. The summed E-state index contributed by atoms with van der Waals surface area (Å²) in [7, 11) is 0. The number of hydrogen-bond acceptors (Lipinski definition) is 4. The summed E-state index contributed by atoms with van der Waals surface area (Å²) in [6.45, 7) is 3.21. The van der Waals surface area contributed by atoms with E-state index in [1.165, 1.54) is 17.0 Å². The second-order valence-electron chi connectivity index (χ2n) is 2.18. The Labute approximate surface area is 67.9 Å². The largest absolute Gasteiger partial charge is 0.510 e. The van der Waals surface area contributed by atoms with Crippen LogP contribution in [0.25, 0.3) is 0 Å². The summed E-state index contributed by atoms with van der Waals surface area (Å²) >= 11 is 0. The van der Waals surface area contributed by atoms with Gasteiger partial charge in [-0.05, 0) is 4.92 Å². The molecule has 0 fully saturated rings. The molecule has 1 aromatic rings. The van der Waals surface area contributed by atoms with Crippen LogP contribution >= 0.6 is 0 Å². The summed E-state index contributed by atoms with van der Waals surface area (Å²) in [5.74, 6) is -0.443. The van der Waals surface area contributed by atoms with Gasteiger partial charge < -0.3 is 15.2 Å². The van der Waals surface area contributed by atoms with Crippen LogP contribution in [0.3, 0.4) is 0 Å². The number of allylic oxidation sites excluding steroid dienone is 1. The summed E-state index contributed by atoms with van der Waals surface area (Å²) in [6, 6.07) is 0. The molecule has 1 rings (SSSR count). The average molecular weight is 169 g/mol. The fourth-order valence-electron chi connectivity index (χ4n) is 0.793. The third kappa shape index (κ3) is 1.60. The van der Waals surface area contributed by atoms with Crippen LogP contribution in [0, 0.1) is 10.1 Å². The fourth-order valence-corrected chi connectivity index (χ4v) is 0.793. The Hall–Kier alpha value is -1.85. The van der Waals surface area contributed by atoms with Gasteiger partial charge in [0, 0.05) is 0 Å². The molecular weight excluding hydrogens is 162 g/mol. The topological polar surface area (TPSA) is 81.2 Å². The number of aliphatic hydroxyl groups is 1. The highest BCUT2D eigenvalue weighted by Crippen LogP contribution is 2.08. The minimum atomic E-state index is -0.622. The zero-order valence-electron chi connectivity index (χ0n) is 6.17. The zero-order valence-corrected chi connectivity index (χ0v) is 6.17. The predicted octanol–water partition coefficient (Wildman–Crippen LogP) is 0.863. The van der Waals surface area contributed by atoms with Gasteiger partial charge in [0.2, 0.25) is 0 Å². The average Bonchev–Trinajstić information content (AvgIpc) is 2.33. The summed E-state index contributed by atoms with van der Waals surface area (Å²) in [6.07, 6.45) is 2.70. The van der Waals surface area contributed by atoms with Crippen molar-refractivity contribution in [2.24, 2.45) is 0 Å². The van der Waals surface area contributed by atoms with Crippen LogP contribution in [0.2, 0.25) is 0 Å². The molecule has 0 radical (unpaired) electrons. The van der Waals surface area contributed by atoms with Crippen molar-refractivity contribution in [1.29, 1.82) is 0 Å². The predicted molar refractivity (Wildman–Crippen MR) is 40.7 cm³/mol. The maximum atomic E-state index is 10.3. The van der Waals surface area contributed by atoms with Crippen LogP contribution in [0.1, 0.15) is 0 Å². The van der Waals surface area contributed by atoms with Crippen LogP contribution in [0.4, 0.5) is 5.95 Å². The molecule has 0 aliphatic heterocycles. The quantitative estimate of drug-likeness (QED) is 0.413. The third-order valence-corrected chi connectivity index (χ3v) is 1.21. The Morgan fingerprint density at radius 3 is 3.08 bits per heavy atom. The summed E-state index contributed by atoms with van der Waals surface area (Å²) in [4.78, 5) is 13.1. The molecule has 0 unspecified atom stereocenters. The van der Waals surface area contributed by atoms with Gasteiger partial charge in [0.25, 0.3) is 0 Å². The molecule has 1 aromatic heterocycles. The molecule has 0 saturated heterocycles. The van der Waals surface area contributed by atoms with Crippen LogP contribution < -0.4 is 0 Å². The van der Waals surface area contributed by atoms with Gasteiger partial charge in [0.05, 0.1) is 0 Å². The third-order valence-electron chi connectivity index (χ3n) is 1.21. The van der Waals surface area contributed by atoms with E-state index < -0.39 is 4.92 Å². The van der Waals surface area contributed by atoms with Gasteiger partial charge in [-0.3, -0.25) is 0 Å². The van der Waals surface area contributed by atoms with Crippen LogP contribution in [0.15, 0.2) is 24.7 Å². The van der Waals surface area contributed by atoms with Crippen molar-refractivity contribution in [2.75, 3.05) is 0 Å². The van der Waals surface area contributed by atoms with Crippen molar-refractivity contribution >= 4 is 5.95 Å². The van der Waals surface area contributed by atoms with E-state index in [1.54, 1.807) is 0 Å². The molecule has 12 heavy (non-hydrogen) atoms. The highest BCUT2D eigenvalue weighted by atomic mass is 16.6. The van der Waals surface area contributed by atoms with Crippen LogP contribution in [-0.2, 0) is 6.54 Å². The Morgan fingerprint density at radius 2 is 2.58 bits per heavy atom. The Morgan fingerprint density at radius 1 is 1.92 bits per heavy atom. The summed E-state index contributed by atoms with van der Waals surface area (Å²) in [5.41, 5.74) is 0. The molecule has 0 bridgehead atoms. The van der Waals surface area contributed by atoms with E-state index in [4.69, 9.17) is 5.11 Å². The highest BCUT2D eigenvalue weighted by molar-refractivity contribution is 5.08. The van der Waals surface area contributed by atoms with E-state index in [0.717, 1.165) is 0 Å². The van der Waals surface area contributed by atoms with E-state index >= 15 is 0 Å². The minimum absolute atomic E-state index is 0.00366. The van der Waals surface area contributed by atoms with Gasteiger partial charge in [-0.25, -0.2) is 4.57 Å². The number of nitro groups is 1. The van der Waals surface area contributed by atoms with Gasteiger partial charge in [-0.1, -0.05) is 11.6 Å². The molecule has 0 aromatic carbocycles. The van der Waals surface area contributed by atoms with Gasteiger partial charge in [-0.15, -0.1) is 0 Å². The lowest BCUT2D eigenvalue weighted by Crippen LogP contribution is -2.03. The zero-order chi connectivity index (χ0) is 9.14. The standard InChI is InChI=1S/C6H7N3O3/c1-5(10)4-8-3-2-7-6(8)9(11)12/h2-3,10H,1,4H2. The van der Waals surface area contributed by atoms with E-state index in [1.807, 2.05) is 0 Å². The van der Waals surface area contributed by atoms with Gasteiger partial charge in [-0.2, -0.15) is 0 Å². The number of hydrogen-bond donors (Lipinski definition) is 1. The van der Waals surface area contributed by atoms with Gasteiger partial charge >= 0.3 is 5.95 Å². The Bertz CT molecular complexity index is 318. The van der Waals surface area contributed by atoms with Crippen molar-refractivity contribution in [3.63, 3.8) is 0 Å². The maximum absolute atomic E-state index is 10.3. The van der Waals surface area contributed by atoms with Gasteiger partial charge in [0.1, 0.15) is 24.7 Å². The molecule has 0 atom stereocenters. The highest BCUT2D eigenvalue weighted by Gasteiger charge is 2.13. The van der Waals surface area contributed by atoms with E-state index in [9.17, 15) is 10.1 Å². The monoisotopic (exact) mass is 169 g/mol. The van der Waals surface area contributed by atoms with Crippen LogP contribution in [0.5, 0.6) is 0 Å². The second-order valence-corrected chi connectivity index (χ2v) is 2.18. The smallest absolute Gasteiger partial charge is 0.434 e. The lowest BCUT2D eigenvalue weighted by Gasteiger charge is -1.98. The molecule has 6 nitrogen and oxygen atoms in total. The Kier molecular flexibility index (Phi) is 2.09.